The summed E-state index contributed by atoms with van der Waals surface area (Å²) in [6.45, 7) is 2.61. The van der Waals surface area contributed by atoms with Crippen LogP contribution in [-0.4, -0.2) is 54.2 Å². The number of piperidine rings is 1. The van der Waals surface area contributed by atoms with Gasteiger partial charge in [-0.05, 0) is 36.6 Å². The first-order valence-corrected chi connectivity index (χ1v) is 11.3. The molecule has 0 aliphatic carbocycles. The van der Waals surface area contributed by atoms with Crippen LogP contribution in [0.2, 0.25) is 0 Å². The van der Waals surface area contributed by atoms with Crippen molar-refractivity contribution in [3.8, 4) is 5.75 Å². The van der Waals surface area contributed by atoms with Gasteiger partial charge < -0.3 is 20.1 Å². The number of rotatable bonds is 7. The fourth-order valence-corrected chi connectivity index (χ4v) is 5.04. The molecule has 1 aliphatic rings. The van der Waals surface area contributed by atoms with Gasteiger partial charge >= 0.3 is 0 Å². The summed E-state index contributed by atoms with van der Waals surface area (Å²) in [6, 6.07) is 17.0. The summed E-state index contributed by atoms with van der Waals surface area (Å²) in [5.41, 5.74) is 2.57. The van der Waals surface area contributed by atoms with Crippen molar-refractivity contribution in [3.63, 3.8) is 0 Å². The summed E-state index contributed by atoms with van der Waals surface area (Å²) < 4.78 is 5.12. The van der Waals surface area contributed by atoms with Crippen LogP contribution >= 0.6 is 11.3 Å². The van der Waals surface area contributed by atoms with E-state index in [0.717, 1.165) is 23.7 Å². The molecule has 0 bridgehead atoms. The number of nitrogens with zero attached hydrogens (tertiary/aromatic N) is 2. The zero-order valence-corrected chi connectivity index (χ0v) is 18.4. The third-order valence-corrected chi connectivity index (χ3v) is 6.70. The number of amides is 1. The van der Waals surface area contributed by atoms with E-state index in [2.05, 4.69) is 35.0 Å². The third kappa shape index (κ3) is 4.57. The number of hydrogen-bond donors (Lipinski definition) is 2. The minimum absolute atomic E-state index is 0.0437. The minimum Gasteiger partial charge on any atom is -0.508 e. The summed E-state index contributed by atoms with van der Waals surface area (Å²) in [7, 11) is 1.69. The lowest BCUT2D eigenvalue weighted by Crippen LogP contribution is -2.46. The smallest absolute Gasteiger partial charge is 0.253 e. The van der Waals surface area contributed by atoms with Gasteiger partial charge in [0.2, 0.25) is 0 Å². The Morgan fingerprint density at radius 2 is 1.97 bits per heavy atom. The second-order valence-corrected chi connectivity index (χ2v) is 8.61. The highest BCUT2D eigenvalue weighted by molar-refractivity contribution is 7.13. The van der Waals surface area contributed by atoms with Crippen molar-refractivity contribution < 1.29 is 14.6 Å². The predicted molar refractivity (Wildman–Crippen MR) is 123 cm³/mol. The van der Waals surface area contributed by atoms with E-state index in [4.69, 9.17) is 9.72 Å². The molecule has 0 radical (unpaired) electrons. The zero-order chi connectivity index (χ0) is 21.7. The standard InChI is InChI=1S/C24H27N3O3S/c1-30-15-12-25-23-26-21(17-31-23)24(19-7-3-2-4-8-19)10-13-27(14-11-24)22(29)18-6-5-9-20(28)16-18/h2-9,16-17,28H,10-15H2,1H3,(H,25,26). The van der Waals surface area contributed by atoms with Crippen molar-refractivity contribution >= 4 is 22.4 Å². The molecule has 2 N–H and O–H groups in total. The lowest BCUT2D eigenvalue weighted by atomic mass is 9.70. The van der Waals surface area contributed by atoms with Gasteiger partial charge in [0.1, 0.15) is 5.75 Å². The van der Waals surface area contributed by atoms with E-state index in [1.807, 2.05) is 11.0 Å². The molecule has 0 atom stereocenters. The molecule has 2 heterocycles. The van der Waals surface area contributed by atoms with E-state index >= 15 is 0 Å². The number of thiazole rings is 1. The van der Waals surface area contributed by atoms with Gasteiger partial charge in [0, 0.05) is 43.1 Å². The van der Waals surface area contributed by atoms with E-state index in [9.17, 15) is 9.90 Å². The fourth-order valence-electron chi connectivity index (χ4n) is 4.20. The normalized spacial score (nSPS) is 15.6. The Kier molecular flexibility index (Phi) is 6.53. The SMILES string of the molecule is COCCNc1nc(C2(c3ccccc3)CCN(C(=O)c3cccc(O)c3)CC2)cs1. The second kappa shape index (κ2) is 9.49. The van der Waals surface area contributed by atoms with E-state index in [1.165, 1.54) is 11.6 Å². The van der Waals surface area contributed by atoms with Gasteiger partial charge in [0.05, 0.1) is 12.3 Å². The first-order valence-electron chi connectivity index (χ1n) is 10.4. The lowest BCUT2D eigenvalue weighted by Gasteiger charge is -2.41. The number of benzene rings is 2. The Morgan fingerprint density at radius 1 is 1.19 bits per heavy atom. The average Bonchev–Trinajstić information content (AvgIpc) is 3.29. The average molecular weight is 438 g/mol. The van der Waals surface area contributed by atoms with Crippen molar-refractivity contribution in [3.05, 3.63) is 76.8 Å². The van der Waals surface area contributed by atoms with Gasteiger partial charge in [-0.25, -0.2) is 4.98 Å². The van der Waals surface area contributed by atoms with Crippen LogP contribution in [0.25, 0.3) is 0 Å². The maximum atomic E-state index is 13.0. The van der Waals surface area contributed by atoms with Crippen molar-refractivity contribution in [1.82, 2.24) is 9.88 Å². The number of phenolic OH excluding ortho intramolecular Hbond substituents is 1. The largest absolute Gasteiger partial charge is 0.508 e. The molecular formula is C24H27N3O3S. The minimum atomic E-state index is -0.228. The van der Waals surface area contributed by atoms with E-state index in [1.54, 1.807) is 36.6 Å². The topological polar surface area (TPSA) is 74.7 Å². The summed E-state index contributed by atoms with van der Waals surface area (Å²) in [5, 5.41) is 16.1. The first kappa shape index (κ1) is 21.3. The van der Waals surface area contributed by atoms with Gasteiger partial charge in [-0.3, -0.25) is 4.79 Å². The molecule has 4 rings (SSSR count). The van der Waals surface area contributed by atoms with Crippen LogP contribution in [-0.2, 0) is 10.2 Å². The molecule has 0 unspecified atom stereocenters. The number of aromatic hydroxyl groups is 1. The molecule has 1 aliphatic heterocycles. The lowest BCUT2D eigenvalue weighted by molar-refractivity contribution is 0.0683. The molecule has 1 fully saturated rings. The van der Waals surface area contributed by atoms with Crippen molar-refractivity contribution in [1.29, 1.82) is 0 Å². The summed E-state index contributed by atoms with van der Waals surface area (Å²) in [5.74, 6) is 0.0650. The Labute approximate surface area is 186 Å². The maximum Gasteiger partial charge on any atom is 0.253 e. The molecule has 31 heavy (non-hydrogen) atoms. The monoisotopic (exact) mass is 437 g/mol. The number of hydrogen-bond acceptors (Lipinski definition) is 6. The van der Waals surface area contributed by atoms with Gasteiger partial charge in [-0.2, -0.15) is 0 Å². The maximum absolute atomic E-state index is 13.0. The number of phenols is 1. The van der Waals surface area contributed by atoms with Crippen LogP contribution in [0.3, 0.4) is 0 Å². The second-order valence-electron chi connectivity index (χ2n) is 7.75. The Hall–Kier alpha value is -2.90. The molecule has 6 nitrogen and oxygen atoms in total. The highest BCUT2D eigenvalue weighted by Crippen LogP contribution is 2.42. The van der Waals surface area contributed by atoms with Gasteiger partial charge in [-0.1, -0.05) is 36.4 Å². The number of anilines is 1. The van der Waals surface area contributed by atoms with Gasteiger partial charge in [0.25, 0.3) is 5.91 Å². The van der Waals surface area contributed by atoms with Crippen molar-refractivity contribution in [2.24, 2.45) is 0 Å². The number of methoxy groups -OCH3 is 1. The third-order valence-electron chi connectivity index (χ3n) is 5.90. The van der Waals surface area contributed by atoms with E-state index < -0.39 is 0 Å². The molecule has 0 saturated carbocycles. The molecular weight excluding hydrogens is 410 g/mol. The van der Waals surface area contributed by atoms with Crippen LogP contribution in [0.15, 0.2) is 60.0 Å². The molecule has 1 aromatic heterocycles. The molecule has 1 saturated heterocycles. The predicted octanol–water partition coefficient (Wildman–Crippen LogP) is 4.13. The Bertz CT molecular complexity index is 1010. The summed E-state index contributed by atoms with van der Waals surface area (Å²) in [4.78, 5) is 19.8. The van der Waals surface area contributed by atoms with Crippen LogP contribution in [0.1, 0.15) is 34.5 Å². The van der Waals surface area contributed by atoms with Gasteiger partial charge in [-0.15, -0.1) is 11.3 Å². The molecule has 1 amide bonds. The van der Waals surface area contributed by atoms with Crippen molar-refractivity contribution in [2.75, 3.05) is 38.7 Å². The van der Waals surface area contributed by atoms with E-state index in [0.29, 0.717) is 31.8 Å². The zero-order valence-electron chi connectivity index (χ0n) is 17.6. The Balaban J connectivity index is 1.56. The fraction of sp³-hybridized carbons (Fsp3) is 0.333. The molecule has 162 valence electrons. The molecule has 3 aromatic rings. The van der Waals surface area contributed by atoms with Crippen LogP contribution in [0.5, 0.6) is 5.75 Å². The van der Waals surface area contributed by atoms with Crippen molar-refractivity contribution in [2.45, 2.75) is 18.3 Å². The highest BCUT2D eigenvalue weighted by Gasteiger charge is 2.41. The highest BCUT2D eigenvalue weighted by atomic mass is 32.1. The number of aromatic nitrogens is 1. The summed E-state index contributed by atoms with van der Waals surface area (Å²) in [6.07, 6.45) is 1.59. The molecule has 2 aromatic carbocycles. The number of ether oxygens (including phenoxy) is 1. The number of carbonyl (C=O) groups excluding carboxylic acids is 1. The van der Waals surface area contributed by atoms with Crippen LogP contribution < -0.4 is 5.32 Å². The number of carbonyl (C=O) groups is 1. The Morgan fingerprint density at radius 3 is 2.68 bits per heavy atom. The number of likely N-dealkylation sites (tertiary alicyclic amines) is 1. The molecule has 7 heteroatoms. The number of nitrogens with one attached hydrogen (secondary N) is 1. The van der Waals surface area contributed by atoms with E-state index in [-0.39, 0.29) is 17.1 Å². The van der Waals surface area contributed by atoms with Crippen LogP contribution in [0, 0.1) is 0 Å². The quantitative estimate of drug-likeness (QED) is 0.544. The van der Waals surface area contributed by atoms with Gasteiger partial charge in [0.15, 0.2) is 5.13 Å². The van der Waals surface area contributed by atoms with Crippen LogP contribution in [0.4, 0.5) is 5.13 Å². The summed E-state index contributed by atoms with van der Waals surface area (Å²) >= 11 is 1.61. The first-order chi connectivity index (χ1) is 15.1. The molecule has 0 spiro atoms.